The summed E-state index contributed by atoms with van der Waals surface area (Å²) in [5.41, 5.74) is 4.61. The number of hydrogen-bond acceptors (Lipinski definition) is 4. The molecule has 0 amide bonds. The first-order chi connectivity index (χ1) is 12.1. The SMILES string of the molecule is Cc1cc(NCC2CCCO2)n2nc(C)c(-c3ccccc3Cl)c2n1. The molecule has 0 saturated carbocycles. The maximum absolute atomic E-state index is 6.42. The second kappa shape index (κ2) is 6.65. The molecule has 1 aliphatic rings. The Morgan fingerprint density at radius 2 is 2.16 bits per heavy atom. The summed E-state index contributed by atoms with van der Waals surface area (Å²) >= 11 is 6.42. The van der Waals surface area contributed by atoms with E-state index >= 15 is 0 Å². The quantitative estimate of drug-likeness (QED) is 0.759. The standard InChI is InChI=1S/C19H21ClN4O/c1-12-10-17(21-11-14-6-5-9-25-14)24-19(22-12)18(13(2)23-24)15-7-3-4-8-16(15)20/h3-4,7-8,10,14,21H,5-6,9,11H2,1-2H3. The molecular formula is C19H21ClN4O. The fraction of sp³-hybridized carbons (Fsp3) is 0.368. The van der Waals surface area contributed by atoms with E-state index in [2.05, 4.69) is 5.32 Å². The van der Waals surface area contributed by atoms with Crippen molar-refractivity contribution in [2.45, 2.75) is 32.8 Å². The van der Waals surface area contributed by atoms with Gasteiger partial charge in [-0.2, -0.15) is 9.61 Å². The summed E-state index contributed by atoms with van der Waals surface area (Å²) in [6.07, 6.45) is 2.50. The van der Waals surface area contributed by atoms with Gasteiger partial charge >= 0.3 is 0 Å². The Kier molecular flexibility index (Phi) is 4.36. The van der Waals surface area contributed by atoms with Crippen molar-refractivity contribution in [3.05, 3.63) is 46.7 Å². The molecular weight excluding hydrogens is 336 g/mol. The smallest absolute Gasteiger partial charge is 0.165 e. The van der Waals surface area contributed by atoms with Crippen LogP contribution in [0.5, 0.6) is 0 Å². The van der Waals surface area contributed by atoms with Crippen molar-refractivity contribution in [3.63, 3.8) is 0 Å². The molecule has 0 bridgehead atoms. The molecule has 3 heterocycles. The molecule has 1 aromatic carbocycles. The lowest BCUT2D eigenvalue weighted by atomic mass is 10.1. The Bertz CT molecular complexity index is 915. The minimum Gasteiger partial charge on any atom is -0.376 e. The normalized spacial score (nSPS) is 17.3. The van der Waals surface area contributed by atoms with Crippen LogP contribution in [0.4, 0.5) is 5.82 Å². The van der Waals surface area contributed by atoms with Gasteiger partial charge in [0.15, 0.2) is 5.65 Å². The van der Waals surface area contributed by atoms with E-state index in [0.29, 0.717) is 5.02 Å². The van der Waals surface area contributed by atoms with E-state index in [-0.39, 0.29) is 6.10 Å². The molecule has 1 fully saturated rings. The van der Waals surface area contributed by atoms with Gasteiger partial charge in [-0.25, -0.2) is 4.98 Å². The van der Waals surface area contributed by atoms with Gasteiger partial charge in [0.2, 0.25) is 0 Å². The monoisotopic (exact) mass is 356 g/mol. The summed E-state index contributed by atoms with van der Waals surface area (Å²) in [6.45, 7) is 5.62. The van der Waals surface area contributed by atoms with Crippen LogP contribution in [0.1, 0.15) is 24.2 Å². The number of anilines is 1. The lowest BCUT2D eigenvalue weighted by Gasteiger charge is -2.13. The number of fused-ring (bicyclic) bond motifs is 1. The largest absolute Gasteiger partial charge is 0.376 e. The van der Waals surface area contributed by atoms with Crippen molar-refractivity contribution in [1.29, 1.82) is 0 Å². The Hall–Kier alpha value is -2.11. The van der Waals surface area contributed by atoms with E-state index in [4.69, 9.17) is 26.4 Å². The average molecular weight is 357 g/mol. The highest BCUT2D eigenvalue weighted by molar-refractivity contribution is 6.33. The summed E-state index contributed by atoms with van der Waals surface area (Å²) in [5.74, 6) is 0.930. The highest BCUT2D eigenvalue weighted by Gasteiger charge is 2.19. The van der Waals surface area contributed by atoms with Gasteiger partial charge in [-0.1, -0.05) is 29.8 Å². The molecule has 1 saturated heterocycles. The van der Waals surface area contributed by atoms with Gasteiger partial charge in [0.25, 0.3) is 0 Å². The minimum absolute atomic E-state index is 0.267. The lowest BCUT2D eigenvalue weighted by molar-refractivity contribution is 0.120. The predicted molar refractivity (Wildman–Crippen MR) is 100 cm³/mol. The average Bonchev–Trinajstić information content (AvgIpc) is 3.21. The summed E-state index contributed by atoms with van der Waals surface area (Å²) in [7, 11) is 0. The zero-order chi connectivity index (χ0) is 17.4. The number of hydrogen-bond donors (Lipinski definition) is 1. The van der Waals surface area contributed by atoms with Gasteiger partial charge in [-0.05, 0) is 32.8 Å². The van der Waals surface area contributed by atoms with Crippen molar-refractivity contribution in [2.75, 3.05) is 18.5 Å². The van der Waals surface area contributed by atoms with Crippen LogP contribution >= 0.6 is 11.6 Å². The zero-order valence-corrected chi connectivity index (χ0v) is 15.2. The van der Waals surface area contributed by atoms with E-state index in [9.17, 15) is 0 Å². The minimum atomic E-state index is 0.267. The third-order valence-corrected chi connectivity index (χ3v) is 4.90. The number of nitrogens with zero attached hydrogens (tertiary/aromatic N) is 3. The summed E-state index contributed by atoms with van der Waals surface area (Å²) in [6, 6.07) is 9.84. The molecule has 5 nitrogen and oxygen atoms in total. The first-order valence-corrected chi connectivity index (χ1v) is 8.98. The third kappa shape index (κ3) is 3.10. The Morgan fingerprint density at radius 3 is 2.92 bits per heavy atom. The first kappa shape index (κ1) is 16.4. The van der Waals surface area contributed by atoms with Crippen LogP contribution < -0.4 is 5.32 Å². The summed E-state index contributed by atoms with van der Waals surface area (Å²) < 4.78 is 7.58. The number of ether oxygens (including phenoxy) is 1. The molecule has 1 N–H and O–H groups in total. The van der Waals surface area contributed by atoms with Crippen molar-refractivity contribution >= 4 is 23.1 Å². The fourth-order valence-electron chi connectivity index (χ4n) is 3.37. The molecule has 1 atom stereocenters. The van der Waals surface area contributed by atoms with Crippen LogP contribution in [0, 0.1) is 13.8 Å². The number of aryl methyl sites for hydroxylation is 2. The van der Waals surface area contributed by atoms with Crippen molar-refractivity contribution < 1.29 is 4.74 Å². The number of halogens is 1. The maximum Gasteiger partial charge on any atom is 0.165 e. The predicted octanol–water partition coefficient (Wildman–Crippen LogP) is 4.26. The number of nitrogens with one attached hydrogen (secondary N) is 1. The van der Waals surface area contributed by atoms with Gasteiger partial charge in [0, 0.05) is 35.5 Å². The topological polar surface area (TPSA) is 51.5 Å². The molecule has 130 valence electrons. The van der Waals surface area contributed by atoms with Gasteiger partial charge in [0.05, 0.1) is 17.4 Å². The molecule has 0 aliphatic carbocycles. The van der Waals surface area contributed by atoms with E-state index < -0.39 is 0 Å². The van der Waals surface area contributed by atoms with Crippen LogP contribution in [0.3, 0.4) is 0 Å². The van der Waals surface area contributed by atoms with E-state index in [1.54, 1.807) is 0 Å². The van der Waals surface area contributed by atoms with Crippen LogP contribution in [0.25, 0.3) is 16.8 Å². The molecule has 4 rings (SSSR count). The maximum atomic E-state index is 6.42. The lowest BCUT2D eigenvalue weighted by Crippen LogP contribution is -2.20. The van der Waals surface area contributed by atoms with Crippen LogP contribution in [-0.4, -0.2) is 33.9 Å². The van der Waals surface area contributed by atoms with E-state index in [1.165, 1.54) is 0 Å². The van der Waals surface area contributed by atoms with Crippen molar-refractivity contribution in [2.24, 2.45) is 0 Å². The summed E-state index contributed by atoms with van der Waals surface area (Å²) in [4.78, 5) is 4.72. The van der Waals surface area contributed by atoms with Gasteiger partial charge in [-0.15, -0.1) is 0 Å². The van der Waals surface area contributed by atoms with Crippen LogP contribution in [0.2, 0.25) is 5.02 Å². The third-order valence-electron chi connectivity index (χ3n) is 4.57. The summed E-state index contributed by atoms with van der Waals surface area (Å²) in [5, 5.41) is 8.89. The van der Waals surface area contributed by atoms with Crippen molar-refractivity contribution in [3.8, 4) is 11.1 Å². The number of benzene rings is 1. The highest BCUT2D eigenvalue weighted by atomic mass is 35.5. The molecule has 6 heteroatoms. The molecule has 0 radical (unpaired) electrons. The molecule has 0 spiro atoms. The number of rotatable bonds is 4. The highest BCUT2D eigenvalue weighted by Crippen LogP contribution is 2.33. The zero-order valence-electron chi connectivity index (χ0n) is 14.4. The number of aromatic nitrogens is 3. The van der Waals surface area contributed by atoms with E-state index in [0.717, 1.165) is 60.0 Å². The van der Waals surface area contributed by atoms with E-state index in [1.807, 2.05) is 48.7 Å². The fourth-order valence-corrected chi connectivity index (χ4v) is 3.60. The second-order valence-electron chi connectivity index (χ2n) is 6.47. The molecule has 3 aromatic rings. The molecule has 1 aliphatic heterocycles. The first-order valence-electron chi connectivity index (χ1n) is 8.61. The van der Waals surface area contributed by atoms with Gasteiger partial charge < -0.3 is 10.1 Å². The molecule has 2 aromatic heterocycles. The van der Waals surface area contributed by atoms with Gasteiger partial charge in [-0.3, -0.25) is 0 Å². The molecule has 1 unspecified atom stereocenters. The molecule has 25 heavy (non-hydrogen) atoms. The van der Waals surface area contributed by atoms with Crippen molar-refractivity contribution in [1.82, 2.24) is 14.6 Å². The van der Waals surface area contributed by atoms with Crippen LogP contribution in [-0.2, 0) is 4.74 Å². The van der Waals surface area contributed by atoms with Gasteiger partial charge in [0.1, 0.15) is 5.82 Å². The second-order valence-corrected chi connectivity index (χ2v) is 6.88. The Balaban J connectivity index is 1.78. The van der Waals surface area contributed by atoms with Crippen LogP contribution in [0.15, 0.2) is 30.3 Å². The Morgan fingerprint density at radius 1 is 1.32 bits per heavy atom. The Labute approximate surface area is 152 Å².